The molecule has 100 valence electrons. The molecule has 1 saturated heterocycles. The molecule has 5 heteroatoms. The highest BCUT2D eigenvalue weighted by Gasteiger charge is 2.19. The smallest absolute Gasteiger partial charge is 0.111 e. The molecule has 2 aromatic heterocycles. The first-order chi connectivity index (χ1) is 9.43. The molecule has 1 atom stereocenters. The maximum atomic E-state index is 5.78. The van der Waals surface area contributed by atoms with E-state index in [1.54, 1.807) is 6.20 Å². The Kier molecular flexibility index (Phi) is 3.86. The number of hydrogen-bond acceptors (Lipinski definition) is 4. The molecule has 0 saturated carbocycles. The van der Waals surface area contributed by atoms with Gasteiger partial charge in [-0.2, -0.15) is 0 Å². The van der Waals surface area contributed by atoms with E-state index in [9.17, 15) is 0 Å². The van der Waals surface area contributed by atoms with Crippen molar-refractivity contribution in [2.24, 2.45) is 0 Å². The summed E-state index contributed by atoms with van der Waals surface area (Å²) in [4.78, 5) is 8.39. The van der Waals surface area contributed by atoms with Crippen LogP contribution in [0.2, 0.25) is 0 Å². The second-order valence-corrected chi connectivity index (χ2v) is 4.69. The number of pyridine rings is 1. The molecule has 3 heterocycles. The van der Waals surface area contributed by atoms with Crippen molar-refractivity contribution in [3.05, 3.63) is 48.3 Å². The van der Waals surface area contributed by atoms with Crippen molar-refractivity contribution in [2.45, 2.75) is 19.1 Å². The lowest BCUT2D eigenvalue weighted by Crippen LogP contribution is -2.34. The third-order valence-electron chi connectivity index (χ3n) is 3.37. The van der Waals surface area contributed by atoms with Crippen molar-refractivity contribution in [3.63, 3.8) is 0 Å². The molecule has 0 aromatic carbocycles. The average Bonchev–Trinajstić information content (AvgIpc) is 2.95. The normalized spacial score (nSPS) is 19.5. The number of nitrogens with one attached hydrogen (secondary N) is 1. The molecule has 1 aliphatic heterocycles. The summed E-state index contributed by atoms with van der Waals surface area (Å²) in [6.07, 6.45) is 8.57. The van der Waals surface area contributed by atoms with E-state index in [0.717, 1.165) is 38.4 Å². The van der Waals surface area contributed by atoms with Crippen LogP contribution in [0.5, 0.6) is 0 Å². The molecular weight excluding hydrogens is 240 g/mol. The van der Waals surface area contributed by atoms with Crippen molar-refractivity contribution < 1.29 is 4.74 Å². The van der Waals surface area contributed by atoms with Gasteiger partial charge in [-0.15, -0.1) is 0 Å². The van der Waals surface area contributed by atoms with Crippen molar-refractivity contribution in [2.75, 3.05) is 19.7 Å². The second-order valence-electron chi connectivity index (χ2n) is 4.69. The number of imidazole rings is 1. The molecule has 19 heavy (non-hydrogen) atoms. The van der Waals surface area contributed by atoms with Crippen LogP contribution < -0.4 is 5.32 Å². The molecule has 1 N–H and O–H groups in total. The van der Waals surface area contributed by atoms with E-state index in [1.165, 1.54) is 5.56 Å². The highest BCUT2D eigenvalue weighted by Crippen LogP contribution is 2.18. The summed E-state index contributed by atoms with van der Waals surface area (Å²) < 4.78 is 7.95. The quantitative estimate of drug-likeness (QED) is 0.895. The van der Waals surface area contributed by atoms with Gasteiger partial charge in [0.2, 0.25) is 0 Å². The Morgan fingerprint density at radius 2 is 2.37 bits per heavy atom. The van der Waals surface area contributed by atoms with Crippen LogP contribution in [-0.2, 0) is 17.7 Å². The molecule has 0 amide bonds. The summed E-state index contributed by atoms with van der Waals surface area (Å²) in [5.74, 6) is 0. The third-order valence-corrected chi connectivity index (χ3v) is 3.37. The van der Waals surface area contributed by atoms with Gasteiger partial charge >= 0.3 is 0 Å². The Labute approximate surface area is 112 Å². The summed E-state index contributed by atoms with van der Waals surface area (Å²) in [5, 5.41) is 3.35. The lowest BCUT2D eigenvalue weighted by molar-refractivity contribution is 0.0228. The molecule has 1 unspecified atom stereocenters. The molecule has 0 bridgehead atoms. The van der Waals surface area contributed by atoms with Crippen LogP contribution in [0.25, 0.3) is 0 Å². The zero-order chi connectivity index (χ0) is 12.9. The fraction of sp³-hybridized carbons (Fsp3) is 0.429. The maximum absolute atomic E-state index is 5.78. The average molecular weight is 258 g/mol. The van der Waals surface area contributed by atoms with Crippen LogP contribution in [0.3, 0.4) is 0 Å². The Bertz CT molecular complexity index is 505. The maximum Gasteiger partial charge on any atom is 0.111 e. The van der Waals surface area contributed by atoms with Crippen LogP contribution in [-0.4, -0.2) is 34.2 Å². The SMILES string of the molecule is c1cncc(CCn2cncc2C2CNCCO2)c1. The van der Waals surface area contributed by atoms with Gasteiger partial charge in [-0.3, -0.25) is 4.98 Å². The van der Waals surface area contributed by atoms with E-state index in [0.29, 0.717) is 0 Å². The third kappa shape index (κ3) is 3.00. The number of morpholine rings is 1. The molecule has 3 rings (SSSR count). The minimum Gasteiger partial charge on any atom is -0.369 e. The molecule has 0 aliphatic carbocycles. The molecule has 2 aromatic rings. The van der Waals surface area contributed by atoms with Crippen molar-refractivity contribution >= 4 is 0 Å². The predicted molar refractivity (Wildman–Crippen MR) is 71.7 cm³/mol. The molecular formula is C14H18N4O. The lowest BCUT2D eigenvalue weighted by Gasteiger charge is -2.24. The van der Waals surface area contributed by atoms with E-state index in [-0.39, 0.29) is 6.10 Å². The van der Waals surface area contributed by atoms with Gasteiger partial charge in [0.25, 0.3) is 0 Å². The second kappa shape index (κ2) is 5.95. The van der Waals surface area contributed by atoms with Gasteiger partial charge < -0.3 is 14.6 Å². The zero-order valence-corrected chi connectivity index (χ0v) is 10.8. The van der Waals surface area contributed by atoms with Gasteiger partial charge in [-0.1, -0.05) is 6.07 Å². The number of hydrogen-bond donors (Lipinski definition) is 1. The topological polar surface area (TPSA) is 52.0 Å². The molecule has 1 aliphatic rings. The Balaban J connectivity index is 1.66. The number of aryl methyl sites for hydroxylation is 2. The van der Waals surface area contributed by atoms with Crippen molar-refractivity contribution in [3.8, 4) is 0 Å². The first-order valence-electron chi connectivity index (χ1n) is 6.65. The summed E-state index contributed by atoms with van der Waals surface area (Å²) in [6.45, 7) is 3.46. The summed E-state index contributed by atoms with van der Waals surface area (Å²) in [5.41, 5.74) is 2.39. The first kappa shape index (κ1) is 12.3. The number of rotatable bonds is 4. The number of nitrogens with zero attached hydrogens (tertiary/aromatic N) is 3. The Morgan fingerprint density at radius 1 is 1.37 bits per heavy atom. The van der Waals surface area contributed by atoms with Gasteiger partial charge in [0, 0.05) is 32.0 Å². The van der Waals surface area contributed by atoms with E-state index in [2.05, 4.69) is 25.9 Å². The van der Waals surface area contributed by atoms with Crippen LogP contribution >= 0.6 is 0 Å². The molecule has 0 radical (unpaired) electrons. The van der Waals surface area contributed by atoms with Crippen LogP contribution in [0, 0.1) is 0 Å². The molecule has 5 nitrogen and oxygen atoms in total. The summed E-state index contributed by atoms with van der Waals surface area (Å²) >= 11 is 0. The van der Waals surface area contributed by atoms with Gasteiger partial charge in [-0.25, -0.2) is 4.98 Å². The largest absolute Gasteiger partial charge is 0.369 e. The number of ether oxygens (including phenoxy) is 1. The molecule has 1 fully saturated rings. The Hall–Kier alpha value is -1.72. The van der Waals surface area contributed by atoms with E-state index < -0.39 is 0 Å². The van der Waals surface area contributed by atoms with Crippen molar-refractivity contribution in [1.82, 2.24) is 19.9 Å². The predicted octanol–water partition coefficient (Wildman–Crippen LogP) is 1.18. The minimum atomic E-state index is 0.116. The highest BCUT2D eigenvalue weighted by molar-refractivity contribution is 5.10. The zero-order valence-electron chi connectivity index (χ0n) is 10.8. The standard InChI is InChI=1S/C14H18N4O/c1-2-12(8-15-4-1)3-6-18-11-17-9-13(18)14-10-16-5-7-19-14/h1-2,4,8-9,11,14,16H,3,5-7,10H2. The molecule has 0 spiro atoms. The van der Waals surface area contributed by atoms with Gasteiger partial charge in [0.1, 0.15) is 6.10 Å². The monoisotopic (exact) mass is 258 g/mol. The van der Waals surface area contributed by atoms with Gasteiger partial charge in [0.15, 0.2) is 0 Å². The summed E-state index contributed by atoms with van der Waals surface area (Å²) in [7, 11) is 0. The lowest BCUT2D eigenvalue weighted by atomic mass is 10.2. The first-order valence-corrected chi connectivity index (χ1v) is 6.65. The van der Waals surface area contributed by atoms with Crippen LogP contribution in [0.4, 0.5) is 0 Å². The number of aromatic nitrogens is 3. The van der Waals surface area contributed by atoms with Crippen molar-refractivity contribution in [1.29, 1.82) is 0 Å². The fourth-order valence-corrected chi connectivity index (χ4v) is 2.34. The highest BCUT2D eigenvalue weighted by atomic mass is 16.5. The Morgan fingerprint density at radius 3 is 3.16 bits per heavy atom. The van der Waals surface area contributed by atoms with E-state index in [1.807, 2.05) is 24.8 Å². The van der Waals surface area contributed by atoms with E-state index in [4.69, 9.17) is 4.74 Å². The summed E-state index contributed by atoms with van der Waals surface area (Å²) in [6, 6.07) is 4.07. The van der Waals surface area contributed by atoms with Crippen LogP contribution in [0.15, 0.2) is 37.1 Å². The van der Waals surface area contributed by atoms with Gasteiger partial charge in [-0.05, 0) is 18.1 Å². The van der Waals surface area contributed by atoms with Gasteiger partial charge in [0.05, 0.1) is 24.8 Å². The minimum absolute atomic E-state index is 0.116. The van der Waals surface area contributed by atoms with Crippen LogP contribution in [0.1, 0.15) is 17.4 Å². The van der Waals surface area contributed by atoms with E-state index >= 15 is 0 Å². The fourth-order valence-electron chi connectivity index (χ4n) is 2.34.